The first-order chi connectivity index (χ1) is 5.79. The highest BCUT2D eigenvalue weighted by Crippen LogP contribution is 1.98. The Bertz CT molecular complexity index is 338. The number of rotatable bonds is 0. The van der Waals surface area contributed by atoms with Gasteiger partial charge in [0.25, 0.3) is 0 Å². The molecule has 0 aliphatic carbocycles. The Morgan fingerprint density at radius 3 is 3.25 bits per heavy atom. The standard InChI is InChI=1S/C7H12N4O/c1-10-7(12)11-4-2-3-8-5-6(11)9-10/h8H,2-5H2,1H3. The summed E-state index contributed by atoms with van der Waals surface area (Å²) in [5.74, 6) is 0.847. The van der Waals surface area contributed by atoms with Crippen LogP contribution in [0.25, 0.3) is 0 Å². The van der Waals surface area contributed by atoms with E-state index in [1.807, 2.05) is 0 Å². The van der Waals surface area contributed by atoms with Crippen LogP contribution in [-0.4, -0.2) is 20.9 Å². The normalized spacial score (nSPS) is 17.1. The predicted octanol–water partition coefficient (Wildman–Crippen LogP) is -0.925. The maximum atomic E-state index is 11.4. The quantitative estimate of drug-likeness (QED) is 0.545. The lowest BCUT2D eigenvalue weighted by Crippen LogP contribution is -2.23. The van der Waals surface area contributed by atoms with Crippen molar-refractivity contribution in [1.29, 1.82) is 0 Å². The summed E-state index contributed by atoms with van der Waals surface area (Å²) in [5, 5.41) is 7.32. The third-order valence-electron chi connectivity index (χ3n) is 2.10. The molecular formula is C7H12N4O. The van der Waals surface area contributed by atoms with Crippen LogP contribution in [0.2, 0.25) is 0 Å². The highest BCUT2D eigenvalue weighted by molar-refractivity contribution is 4.88. The molecule has 66 valence electrons. The average molecular weight is 168 g/mol. The lowest BCUT2D eigenvalue weighted by atomic mass is 10.4. The van der Waals surface area contributed by atoms with Crippen molar-refractivity contribution in [1.82, 2.24) is 19.7 Å². The van der Waals surface area contributed by atoms with Crippen LogP contribution >= 0.6 is 0 Å². The predicted molar refractivity (Wildman–Crippen MR) is 43.8 cm³/mol. The first kappa shape index (κ1) is 7.54. The smallest absolute Gasteiger partial charge is 0.310 e. The van der Waals surface area contributed by atoms with Gasteiger partial charge >= 0.3 is 5.69 Å². The van der Waals surface area contributed by atoms with Gasteiger partial charge in [-0.2, -0.15) is 5.10 Å². The van der Waals surface area contributed by atoms with Gasteiger partial charge in [0, 0.05) is 13.6 Å². The molecule has 1 aromatic heterocycles. The van der Waals surface area contributed by atoms with Crippen molar-refractivity contribution in [3.63, 3.8) is 0 Å². The van der Waals surface area contributed by atoms with Gasteiger partial charge in [0.1, 0.15) is 5.82 Å². The Balaban J connectivity index is 2.49. The summed E-state index contributed by atoms with van der Waals surface area (Å²) in [5.41, 5.74) is -0.00583. The molecule has 0 unspecified atom stereocenters. The van der Waals surface area contributed by atoms with Crippen molar-refractivity contribution in [2.24, 2.45) is 7.05 Å². The van der Waals surface area contributed by atoms with Crippen LogP contribution < -0.4 is 11.0 Å². The Kier molecular flexibility index (Phi) is 1.73. The first-order valence-electron chi connectivity index (χ1n) is 4.12. The number of nitrogens with zero attached hydrogens (tertiary/aromatic N) is 3. The van der Waals surface area contributed by atoms with Gasteiger partial charge in [-0.05, 0) is 13.0 Å². The maximum Gasteiger partial charge on any atom is 0.345 e. The second kappa shape index (κ2) is 2.75. The minimum Gasteiger partial charge on any atom is -0.310 e. The van der Waals surface area contributed by atoms with Crippen molar-refractivity contribution in [2.75, 3.05) is 6.54 Å². The molecule has 1 aliphatic heterocycles. The summed E-state index contributed by atoms with van der Waals surface area (Å²) in [4.78, 5) is 11.4. The summed E-state index contributed by atoms with van der Waals surface area (Å²) in [7, 11) is 1.68. The van der Waals surface area contributed by atoms with Gasteiger partial charge in [-0.25, -0.2) is 9.48 Å². The zero-order chi connectivity index (χ0) is 8.55. The Hall–Kier alpha value is -1.10. The van der Waals surface area contributed by atoms with Crippen molar-refractivity contribution in [3.05, 3.63) is 16.3 Å². The number of nitrogens with one attached hydrogen (secondary N) is 1. The van der Waals surface area contributed by atoms with Gasteiger partial charge in [0.15, 0.2) is 0 Å². The number of hydrogen-bond donors (Lipinski definition) is 1. The molecule has 0 saturated carbocycles. The molecule has 5 nitrogen and oxygen atoms in total. The molecule has 0 fully saturated rings. The van der Waals surface area contributed by atoms with Gasteiger partial charge < -0.3 is 5.32 Å². The lowest BCUT2D eigenvalue weighted by molar-refractivity contribution is 0.606. The summed E-state index contributed by atoms with van der Waals surface area (Å²) in [6.07, 6.45) is 0.999. The molecular weight excluding hydrogens is 156 g/mol. The number of aromatic nitrogens is 3. The third kappa shape index (κ3) is 1.06. The maximum absolute atomic E-state index is 11.4. The highest BCUT2D eigenvalue weighted by atomic mass is 16.2. The molecule has 1 N–H and O–H groups in total. The molecule has 2 heterocycles. The van der Waals surface area contributed by atoms with Crippen LogP contribution in [-0.2, 0) is 20.1 Å². The lowest BCUT2D eigenvalue weighted by Gasteiger charge is -1.95. The minimum atomic E-state index is -0.00583. The molecule has 0 bridgehead atoms. The molecule has 1 aromatic rings. The molecule has 0 atom stereocenters. The minimum absolute atomic E-state index is 0.00583. The highest BCUT2D eigenvalue weighted by Gasteiger charge is 2.12. The monoisotopic (exact) mass is 168 g/mol. The molecule has 0 spiro atoms. The van der Waals surface area contributed by atoms with E-state index in [0.29, 0.717) is 6.54 Å². The van der Waals surface area contributed by atoms with E-state index in [9.17, 15) is 4.79 Å². The summed E-state index contributed by atoms with van der Waals surface area (Å²) in [6, 6.07) is 0. The van der Waals surface area contributed by atoms with E-state index >= 15 is 0 Å². The topological polar surface area (TPSA) is 51.9 Å². The van der Waals surface area contributed by atoms with E-state index in [1.165, 1.54) is 4.68 Å². The second-order valence-electron chi connectivity index (χ2n) is 3.00. The van der Waals surface area contributed by atoms with Crippen LogP contribution in [0, 0.1) is 0 Å². The Morgan fingerprint density at radius 2 is 2.42 bits per heavy atom. The van der Waals surface area contributed by atoms with Gasteiger partial charge in [-0.1, -0.05) is 0 Å². The summed E-state index contributed by atoms with van der Waals surface area (Å²) < 4.78 is 3.13. The molecule has 1 aliphatic rings. The van der Waals surface area contributed by atoms with Crippen molar-refractivity contribution in [2.45, 2.75) is 19.5 Å². The third-order valence-corrected chi connectivity index (χ3v) is 2.10. The summed E-state index contributed by atoms with van der Waals surface area (Å²) >= 11 is 0. The molecule has 0 radical (unpaired) electrons. The largest absolute Gasteiger partial charge is 0.345 e. The molecule has 0 saturated heterocycles. The zero-order valence-corrected chi connectivity index (χ0v) is 7.08. The number of aryl methyl sites for hydroxylation is 1. The van der Waals surface area contributed by atoms with Crippen LogP contribution in [0.5, 0.6) is 0 Å². The van der Waals surface area contributed by atoms with Crippen molar-refractivity contribution < 1.29 is 0 Å². The van der Waals surface area contributed by atoms with Gasteiger partial charge in [0.05, 0.1) is 6.54 Å². The van der Waals surface area contributed by atoms with E-state index in [-0.39, 0.29) is 5.69 Å². The fourth-order valence-corrected chi connectivity index (χ4v) is 1.47. The zero-order valence-electron chi connectivity index (χ0n) is 7.08. The Morgan fingerprint density at radius 1 is 1.58 bits per heavy atom. The van der Waals surface area contributed by atoms with Crippen molar-refractivity contribution in [3.8, 4) is 0 Å². The van der Waals surface area contributed by atoms with E-state index in [1.54, 1.807) is 11.6 Å². The fraction of sp³-hybridized carbons (Fsp3) is 0.714. The fourth-order valence-electron chi connectivity index (χ4n) is 1.47. The van der Waals surface area contributed by atoms with Gasteiger partial charge in [-0.3, -0.25) is 4.57 Å². The first-order valence-corrected chi connectivity index (χ1v) is 4.12. The molecule has 2 rings (SSSR count). The van der Waals surface area contributed by atoms with E-state index < -0.39 is 0 Å². The van der Waals surface area contributed by atoms with Crippen LogP contribution in [0.3, 0.4) is 0 Å². The molecule has 0 aromatic carbocycles. The SMILES string of the molecule is Cn1nc2n(c1=O)CCCNC2. The molecule has 5 heteroatoms. The van der Waals surface area contributed by atoms with E-state index in [4.69, 9.17) is 0 Å². The van der Waals surface area contributed by atoms with Crippen LogP contribution in [0.1, 0.15) is 12.2 Å². The Labute approximate surface area is 70.0 Å². The van der Waals surface area contributed by atoms with Gasteiger partial charge in [0.2, 0.25) is 0 Å². The average Bonchev–Trinajstić information content (AvgIpc) is 2.30. The van der Waals surface area contributed by atoms with E-state index in [2.05, 4.69) is 10.4 Å². The van der Waals surface area contributed by atoms with Crippen LogP contribution in [0.15, 0.2) is 4.79 Å². The van der Waals surface area contributed by atoms with Crippen molar-refractivity contribution >= 4 is 0 Å². The van der Waals surface area contributed by atoms with E-state index in [0.717, 1.165) is 25.3 Å². The van der Waals surface area contributed by atoms with Crippen LogP contribution in [0.4, 0.5) is 0 Å². The number of hydrogen-bond acceptors (Lipinski definition) is 3. The van der Waals surface area contributed by atoms with Gasteiger partial charge in [-0.15, -0.1) is 0 Å². The summed E-state index contributed by atoms with van der Waals surface area (Å²) in [6.45, 7) is 2.46. The number of fused-ring (bicyclic) bond motifs is 1. The second-order valence-corrected chi connectivity index (χ2v) is 3.00. The molecule has 12 heavy (non-hydrogen) atoms. The molecule has 0 amide bonds.